The molecule has 0 spiro atoms. The van der Waals surface area contributed by atoms with E-state index in [0.29, 0.717) is 11.5 Å². The summed E-state index contributed by atoms with van der Waals surface area (Å²) in [6.07, 6.45) is 11.5. The van der Waals surface area contributed by atoms with Crippen molar-refractivity contribution >= 4 is 6.29 Å². The molecular weight excluding hydrogens is 220 g/mol. The number of unbranched alkanes of at least 4 members (excludes halogenated alkanes) is 1. The summed E-state index contributed by atoms with van der Waals surface area (Å²) in [6, 6.07) is 8.01. The van der Waals surface area contributed by atoms with Crippen LogP contribution in [0.15, 0.2) is 24.3 Å². The fourth-order valence-corrected chi connectivity index (χ4v) is 3.10. The van der Waals surface area contributed by atoms with Gasteiger partial charge in [0.1, 0.15) is 0 Å². The molecule has 0 amide bonds. The second kappa shape index (κ2) is 6.72. The summed E-state index contributed by atoms with van der Waals surface area (Å²) in [5.41, 5.74) is 2.07. The van der Waals surface area contributed by atoms with Crippen LogP contribution in [0.1, 0.15) is 68.9 Å². The normalized spacial score (nSPS) is 23.8. The lowest BCUT2D eigenvalue weighted by atomic mass is 9.77. The first kappa shape index (κ1) is 13.3. The molecule has 1 saturated carbocycles. The topological polar surface area (TPSA) is 17.1 Å². The molecule has 0 unspecified atom stereocenters. The summed E-state index contributed by atoms with van der Waals surface area (Å²) in [6.45, 7) is 2.28. The second-order valence-electron chi connectivity index (χ2n) is 5.58. The molecule has 0 heterocycles. The lowest BCUT2D eigenvalue weighted by molar-refractivity contribution is 0.304. The number of hydrogen-bond acceptors (Lipinski definition) is 1. The molecule has 0 atom stereocenters. The van der Waals surface area contributed by atoms with E-state index in [1.54, 1.807) is 0 Å². The Morgan fingerprint density at radius 3 is 2.33 bits per heavy atom. The molecule has 1 nitrogen and oxygen atoms in total. The zero-order valence-electron chi connectivity index (χ0n) is 11.3. The van der Waals surface area contributed by atoms with Crippen molar-refractivity contribution in [2.24, 2.45) is 5.92 Å². The van der Waals surface area contributed by atoms with Crippen LogP contribution in [0.25, 0.3) is 0 Å². The predicted octanol–water partition coefficient (Wildman–Crippen LogP) is 4.61. The molecule has 2 rings (SSSR count). The molecule has 1 radical (unpaired) electrons. The van der Waals surface area contributed by atoms with Crippen LogP contribution in [0, 0.1) is 5.92 Å². The number of hydrogen-bond donors (Lipinski definition) is 0. The van der Waals surface area contributed by atoms with Crippen molar-refractivity contribution in [3.8, 4) is 0 Å². The molecule has 1 aliphatic carbocycles. The van der Waals surface area contributed by atoms with Gasteiger partial charge >= 0.3 is 0 Å². The largest absolute Gasteiger partial charge is 0.285 e. The smallest absolute Gasteiger partial charge is 0.233 e. The van der Waals surface area contributed by atoms with Crippen molar-refractivity contribution in [1.82, 2.24) is 0 Å². The van der Waals surface area contributed by atoms with Gasteiger partial charge in [0.15, 0.2) is 0 Å². The quantitative estimate of drug-likeness (QED) is 0.738. The maximum Gasteiger partial charge on any atom is 0.233 e. The third-order valence-corrected chi connectivity index (χ3v) is 4.31. The average molecular weight is 243 g/mol. The molecule has 0 bridgehead atoms. The molecule has 1 fully saturated rings. The van der Waals surface area contributed by atoms with Gasteiger partial charge in [-0.1, -0.05) is 50.5 Å². The van der Waals surface area contributed by atoms with Gasteiger partial charge in [-0.05, 0) is 43.1 Å². The first-order valence-electron chi connectivity index (χ1n) is 7.31. The van der Waals surface area contributed by atoms with Crippen LogP contribution in [0.4, 0.5) is 0 Å². The Hall–Kier alpha value is -1.11. The lowest BCUT2D eigenvalue weighted by Crippen LogP contribution is -2.13. The zero-order valence-corrected chi connectivity index (χ0v) is 11.3. The minimum absolute atomic E-state index is 0.662. The predicted molar refractivity (Wildman–Crippen MR) is 75.5 cm³/mol. The molecule has 0 N–H and O–H groups in total. The van der Waals surface area contributed by atoms with E-state index in [-0.39, 0.29) is 0 Å². The van der Waals surface area contributed by atoms with Crippen molar-refractivity contribution in [3.63, 3.8) is 0 Å². The van der Waals surface area contributed by atoms with E-state index >= 15 is 0 Å². The first-order valence-corrected chi connectivity index (χ1v) is 7.31. The summed E-state index contributed by atoms with van der Waals surface area (Å²) in [5, 5.41) is 0. The van der Waals surface area contributed by atoms with Gasteiger partial charge < -0.3 is 0 Å². The summed E-state index contributed by atoms with van der Waals surface area (Å²) in [4.78, 5) is 10.5. The van der Waals surface area contributed by atoms with E-state index in [0.717, 1.165) is 5.92 Å². The van der Waals surface area contributed by atoms with Crippen LogP contribution in [-0.2, 0) is 4.79 Å². The average Bonchev–Trinajstić information content (AvgIpc) is 2.46. The maximum absolute atomic E-state index is 10.5. The van der Waals surface area contributed by atoms with Gasteiger partial charge in [-0.25, -0.2) is 0 Å². The molecule has 1 aromatic carbocycles. The van der Waals surface area contributed by atoms with E-state index in [1.807, 2.05) is 18.4 Å². The molecule has 97 valence electrons. The van der Waals surface area contributed by atoms with Gasteiger partial charge in [-0.2, -0.15) is 0 Å². The van der Waals surface area contributed by atoms with E-state index in [4.69, 9.17) is 0 Å². The van der Waals surface area contributed by atoms with Crippen LogP contribution in [0.2, 0.25) is 0 Å². The molecule has 0 saturated heterocycles. The standard InChI is InChI=1S/C17H23O/c1-2-3-4-14-5-9-16(10-6-14)17-11-7-15(13-18)8-12-17/h7-8,11-12,14,16H,2-6,9-10H2,1H3. The highest BCUT2D eigenvalue weighted by Gasteiger charge is 2.21. The Kier molecular flexibility index (Phi) is 4.98. The minimum Gasteiger partial charge on any atom is -0.285 e. The van der Waals surface area contributed by atoms with Gasteiger partial charge in [-0.3, -0.25) is 4.79 Å². The van der Waals surface area contributed by atoms with Crippen molar-refractivity contribution in [2.75, 3.05) is 0 Å². The van der Waals surface area contributed by atoms with Crippen LogP contribution in [0.3, 0.4) is 0 Å². The Balaban J connectivity index is 1.86. The highest BCUT2D eigenvalue weighted by atomic mass is 16.1. The van der Waals surface area contributed by atoms with E-state index in [1.165, 1.54) is 50.5 Å². The van der Waals surface area contributed by atoms with Gasteiger partial charge in [-0.15, -0.1) is 0 Å². The lowest BCUT2D eigenvalue weighted by Gasteiger charge is -2.28. The Bertz CT molecular complexity index is 358. The van der Waals surface area contributed by atoms with Gasteiger partial charge in [0.2, 0.25) is 6.29 Å². The number of carbonyl (C=O) groups excluding carboxylic acids is 1. The third-order valence-electron chi connectivity index (χ3n) is 4.31. The van der Waals surface area contributed by atoms with Gasteiger partial charge in [0, 0.05) is 5.56 Å². The molecule has 1 aliphatic rings. The van der Waals surface area contributed by atoms with E-state index in [2.05, 4.69) is 19.1 Å². The Morgan fingerprint density at radius 1 is 1.11 bits per heavy atom. The fourth-order valence-electron chi connectivity index (χ4n) is 3.10. The molecule has 18 heavy (non-hydrogen) atoms. The number of rotatable bonds is 5. The highest BCUT2D eigenvalue weighted by molar-refractivity contribution is 5.75. The molecule has 0 aromatic heterocycles. The van der Waals surface area contributed by atoms with Crippen molar-refractivity contribution in [3.05, 3.63) is 35.4 Å². The summed E-state index contributed by atoms with van der Waals surface area (Å²) in [5.74, 6) is 1.67. The fraction of sp³-hybridized carbons (Fsp3) is 0.588. The Morgan fingerprint density at radius 2 is 1.78 bits per heavy atom. The molecule has 1 heteroatoms. The van der Waals surface area contributed by atoms with Crippen LogP contribution < -0.4 is 0 Å². The summed E-state index contributed by atoms with van der Waals surface area (Å²) in [7, 11) is 0. The highest BCUT2D eigenvalue weighted by Crippen LogP contribution is 2.37. The summed E-state index contributed by atoms with van der Waals surface area (Å²) >= 11 is 0. The van der Waals surface area contributed by atoms with Crippen LogP contribution >= 0.6 is 0 Å². The van der Waals surface area contributed by atoms with E-state index in [9.17, 15) is 4.79 Å². The SMILES string of the molecule is CCCCC1CCC(c2ccc([C]=O)cc2)CC1. The van der Waals surface area contributed by atoms with Gasteiger partial charge in [0.25, 0.3) is 0 Å². The summed E-state index contributed by atoms with van der Waals surface area (Å²) < 4.78 is 0. The van der Waals surface area contributed by atoms with Crippen LogP contribution in [-0.4, -0.2) is 6.29 Å². The maximum atomic E-state index is 10.5. The second-order valence-corrected chi connectivity index (χ2v) is 5.58. The van der Waals surface area contributed by atoms with Crippen molar-refractivity contribution in [2.45, 2.75) is 57.8 Å². The first-order chi connectivity index (χ1) is 8.83. The molecular formula is C17H23O. The van der Waals surface area contributed by atoms with Crippen molar-refractivity contribution < 1.29 is 4.79 Å². The number of benzene rings is 1. The third kappa shape index (κ3) is 3.44. The zero-order chi connectivity index (χ0) is 12.8. The Labute approximate surface area is 111 Å². The monoisotopic (exact) mass is 243 g/mol. The van der Waals surface area contributed by atoms with Crippen LogP contribution in [0.5, 0.6) is 0 Å². The van der Waals surface area contributed by atoms with E-state index < -0.39 is 0 Å². The molecule has 0 aliphatic heterocycles. The van der Waals surface area contributed by atoms with Crippen molar-refractivity contribution in [1.29, 1.82) is 0 Å². The molecule has 1 aromatic rings. The minimum atomic E-state index is 0.662. The van der Waals surface area contributed by atoms with Gasteiger partial charge in [0.05, 0.1) is 0 Å².